The number of benzene rings is 2. The van der Waals surface area contributed by atoms with Crippen molar-refractivity contribution in [3.8, 4) is 28.8 Å². The third kappa shape index (κ3) is 3.97. The number of furan rings is 1. The zero-order valence-corrected chi connectivity index (χ0v) is 15.2. The van der Waals surface area contributed by atoms with Gasteiger partial charge in [-0.05, 0) is 54.6 Å². The molecule has 0 radical (unpaired) electrons. The summed E-state index contributed by atoms with van der Waals surface area (Å²) in [7, 11) is 0. The molecule has 4 rings (SSSR count). The van der Waals surface area contributed by atoms with Crippen molar-refractivity contribution in [1.29, 1.82) is 0 Å². The molecule has 0 aliphatic rings. The van der Waals surface area contributed by atoms with Gasteiger partial charge in [0.2, 0.25) is 5.82 Å². The van der Waals surface area contributed by atoms with Crippen molar-refractivity contribution in [2.24, 2.45) is 0 Å². The van der Waals surface area contributed by atoms with Crippen LogP contribution in [0.5, 0.6) is 5.75 Å². The molecule has 2 aromatic carbocycles. The smallest absolute Gasteiger partial charge is 0.293 e. The van der Waals surface area contributed by atoms with E-state index in [2.05, 4.69) is 10.1 Å². The number of ether oxygens (including phenoxy) is 1. The van der Waals surface area contributed by atoms with Gasteiger partial charge in [-0.2, -0.15) is 4.98 Å². The van der Waals surface area contributed by atoms with Gasteiger partial charge < -0.3 is 13.7 Å². The second kappa shape index (κ2) is 7.42. The SMILES string of the molecule is Fc1ccc(OCc2ccc(-c3nc(-c4ccc(Cl)cc4Cl)no3)o2)cc1. The first-order valence-corrected chi connectivity index (χ1v) is 8.61. The van der Waals surface area contributed by atoms with E-state index < -0.39 is 0 Å². The summed E-state index contributed by atoms with van der Waals surface area (Å²) in [5.41, 5.74) is 0.600. The number of hydrogen-bond donors (Lipinski definition) is 0. The Kier molecular flexibility index (Phi) is 4.83. The van der Waals surface area contributed by atoms with Gasteiger partial charge in [0.25, 0.3) is 5.89 Å². The molecule has 0 saturated heterocycles. The first-order valence-electron chi connectivity index (χ1n) is 7.85. The van der Waals surface area contributed by atoms with Gasteiger partial charge in [-0.1, -0.05) is 28.4 Å². The van der Waals surface area contributed by atoms with E-state index in [4.69, 9.17) is 36.9 Å². The van der Waals surface area contributed by atoms with Crippen LogP contribution in [0.15, 0.2) is 63.5 Å². The molecule has 4 aromatic rings. The van der Waals surface area contributed by atoms with Crippen molar-refractivity contribution >= 4 is 23.2 Å². The maximum atomic E-state index is 12.9. The Balaban J connectivity index is 1.48. The quantitative estimate of drug-likeness (QED) is 0.406. The van der Waals surface area contributed by atoms with E-state index in [0.717, 1.165) is 0 Å². The predicted octanol–water partition coefficient (Wildman–Crippen LogP) is 6.02. The summed E-state index contributed by atoms with van der Waals surface area (Å²) in [4.78, 5) is 4.30. The molecule has 136 valence electrons. The van der Waals surface area contributed by atoms with Crippen molar-refractivity contribution in [1.82, 2.24) is 10.1 Å². The van der Waals surface area contributed by atoms with E-state index in [-0.39, 0.29) is 18.3 Å². The highest BCUT2D eigenvalue weighted by Gasteiger charge is 2.16. The largest absolute Gasteiger partial charge is 0.486 e. The topological polar surface area (TPSA) is 61.3 Å². The Labute approximate surface area is 163 Å². The summed E-state index contributed by atoms with van der Waals surface area (Å²) in [6.45, 7) is 0.176. The zero-order valence-electron chi connectivity index (χ0n) is 13.7. The second-order valence-electron chi connectivity index (χ2n) is 5.56. The molecule has 0 amide bonds. The average molecular weight is 405 g/mol. The maximum absolute atomic E-state index is 12.9. The molecule has 27 heavy (non-hydrogen) atoms. The zero-order chi connectivity index (χ0) is 18.8. The lowest BCUT2D eigenvalue weighted by molar-refractivity contribution is 0.270. The summed E-state index contributed by atoms with van der Waals surface area (Å²) in [5.74, 6) is 1.70. The highest BCUT2D eigenvalue weighted by molar-refractivity contribution is 6.36. The molecule has 0 fully saturated rings. The van der Waals surface area contributed by atoms with E-state index in [9.17, 15) is 4.39 Å². The molecular weight excluding hydrogens is 394 g/mol. The molecule has 0 aliphatic heterocycles. The van der Waals surface area contributed by atoms with Crippen LogP contribution < -0.4 is 4.74 Å². The summed E-state index contributed by atoms with van der Waals surface area (Å²) in [6.07, 6.45) is 0. The van der Waals surface area contributed by atoms with E-state index in [1.807, 2.05) is 0 Å². The van der Waals surface area contributed by atoms with E-state index in [1.54, 1.807) is 42.5 Å². The van der Waals surface area contributed by atoms with Gasteiger partial charge in [0.15, 0.2) is 5.76 Å². The molecule has 0 saturated carbocycles. The maximum Gasteiger partial charge on any atom is 0.293 e. The molecule has 0 atom stereocenters. The van der Waals surface area contributed by atoms with Crippen LogP contribution in [-0.4, -0.2) is 10.1 Å². The summed E-state index contributed by atoms with van der Waals surface area (Å²) >= 11 is 12.1. The van der Waals surface area contributed by atoms with Crippen LogP contribution in [0.2, 0.25) is 10.0 Å². The molecular formula is C19H11Cl2FN2O3. The van der Waals surface area contributed by atoms with Crippen LogP contribution in [0.3, 0.4) is 0 Å². The molecule has 0 N–H and O–H groups in total. The Hall–Kier alpha value is -2.83. The first kappa shape index (κ1) is 17.6. The first-order chi connectivity index (χ1) is 13.1. The summed E-state index contributed by atoms with van der Waals surface area (Å²) < 4.78 is 29.4. The van der Waals surface area contributed by atoms with Crippen molar-refractivity contribution < 1.29 is 18.1 Å². The molecule has 8 heteroatoms. The van der Waals surface area contributed by atoms with Gasteiger partial charge in [0.05, 0.1) is 5.02 Å². The molecule has 0 spiro atoms. The van der Waals surface area contributed by atoms with Crippen LogP contribution in [0.25, 0.3) is 23.0 Å². The van der Waals surface area contributed by atoms with Crippen LogP contribution in [0, 0.1) is 5.82 Å². The van der Waals surface area contributed by atoms with Gasteiger partial charge >= 0.3 is 0 Å². The van der Waals surface area contributed by atoms with Gasteiger partial charge in [-0.15, -0.1) is 0 Å². The number of halogens is 3. The van der Waals surface area contributed by atoms with Crippen LogP contribution >= 0.6 is 23.2 Å². The number of rotatable bonds is 5. The van der Waals surface area contributed by atoms with Gasteiger partial charge in [0, 0.05) is 10.6 Å². The fraction of sp³-hybridized carbons (Fsp3) is 0.0526. The minimum Gasteiger partial charge on any atom is -0.486 e. The number of aromatic nitrogens is 2. The number of hydrogen-bond acceptors (Lipinski definition) is 5. The normalized spacial score (nSPS) is 10.9. The molecule has 0 unspecified atom stereocenters. The average Bonchev–Trinajstić information content (AvgIpc) is 3.30. The number of nitrogens with zero attached hydrogens (tertiary/aromatic N) is 2. The lowest BCUT2D eigenvalue weighted by Crippen LogP contribution is -1.93. The lowest BCUT2D eigenvalue weighted by atomic mass is 10.2. The van der Waals surface area contributed by atoms with Crippen molar-refractivity contribution in [2.45, 2.75) is 6.61 Å². The Morgan fingerprint density at radius 2 is 1.81 bits per heavy atom. The highest BCUT2D eigenvalue weighted by atomic mass is 35.5. The molecule has 0 bridgehead atoms. The van der Waals surface area contributed by atoms with Gasteiger partial charge in [-0.25, -0.2) is 4.39 Å². The van der Waals surface area contributed by atoms with Crippen molar-refractivity contribution in [3.63, 3.8) is 0 Å². The van der Waals surface area contributed by atoms with E-state index >= 15 is 0 Å². The fourth-order valence-corrected chi connectivity index (χ4v) is 2.85. The van der Waals surface area contributed by atoms with Crippen LogP contribution in [-0.2, 0) is 6.61 Å². The second-order valence-corrected chi connectivity index (χ2v) is 6.40. The molecule has 2 heterocycles. The molecule has 5 nitrogen and oxygen atoms in total. The third-order valence-corrected chi connectivity index (χ3v) is 4.21. The Morgan fingerprint density at radius 3 is 2.59 bits per heavy atom. The van der Waals surface area contributed by atoms with Crippen molar-refractivity contribution in [3.05, 3.63) is 76.2 Å². The molecule has 2 aromatic heterocycles. The lowest BCUT2D eigenvalue weighted by Gasteiger charge is -2.03. The van der Waals surface area contributed by atoms with E-state index in [0.29, 0.717) is 38.7 Å². The van der Waals surface area contributed by atoms with Gasteiger partial charge in [0.1, 0.15) is 23.9 Å². The monoisotopic (exact) mass is 404 g/mol. The van der Waals surface area contributed by atoms with Crippen LogP contribution in [0.1, 0.15) is 5.76 Å². The summed E-state index contributed by atoms with van der Waals surface area (Å²) in [6, 6.07) is 14.2. The van der Waals surface area contributed by atoms with E-state index in [1.165, 1.54) is 12.1 Å². The van der Waals surface area contributed by atoms with Crippen molar-refractivity contribution in [2.75, 3.05) is 0 Å². The predicted molar refractivity (Wildman–Crippen MR) is 98.2 cm³/mol. The minimum atomic E-state index is -0.323. The van der Waals surface area contributed by atoms with Crippen LogP contribution in [0.4, 0.5) is 4.39 Å². The standard InChI is InChI=1S/C19H11Cl2FN2O3/c20-11-1-7-15(16(21)9-11)18-23-19(27-24-18)17-8-6-14(26-17)10-25-13-4-2-12(22)3-5-13/h1-9H,10H2. The summed E-state index contributed by atoms with van der Waals surface area (Å²) in [5, 5.41) is 4.86. The Morgan fingerprint density at radius 1 is 1.00 bits per heavy atom. The fourth-order valence-electron chi connectivity index (χ4n) is 2.36. The third-order valence-electron chi connectivity index (χ3n) is 3.67. The highest BCUT2D eigenvalue weighted by Crippen LogP contribution is 2.30. The molecule has 0 aliphatic carbocycles. The Bertz CT molecular complexity index is 1080. The van der Waals surface area contributed by atoms with Gasteiger partial charge in [-0.3, -0.25) is 0 Å². The minimum absolute atomic E-state index is 0.176.